The Bertz CT molecular complexity index is 1220. The molecule has 6 nitrogen and oxygen atoms in total. The second kappa shape index (κ2) is 7.25. The number of esters is 1. The number of carbonyl (C=O) groups excluding carboxylic acids is 1. The highest BCUT2D eigenvalue weighted by Crippen LogP contribution is 2.46. The van der Waals surface area contributed by atoms with E-state index in [4.69, 9.17) is 9.47 Å². The minimum absolute atomic E-state index is 0.0430. The third-order valence-electron chi connectivity index (χ3n) is 6.03. The van der Waals surface area contributed by atoms with E-state index in [9.17, 15) is 14.7 Å². The standard InChI is InChI=1S/C23H23NO5S/c1-28-21-14(18-10-12-4-3-5-17(25)22(12)30-18)8-9-15-19(21)24(13-6-7-13)11-16(20(15)26)23(27)29-2/h8-11,13,17,25H,3-7H2,1-2H3. The molecule has 3 aromatic rings. The van der Waals surface area contributed by atoms with Crippen LogP contribution in [0.2, 0.25) is 0 Å². The maximum atomic E-state index is 13.0. The monoisotopic (exact) mass is 425 g/mol. The van der Waals surface area contributed by atoms with Gasteiger partial charge in [0.1, 0.15) is 5.56 Å². The smallest absolute Gasteiger partial charge is 0.343 e. The molecule has 0 amide bonds. The van der Waals surface area contributed by atoms with Gasteiger partial charge in [0.2, 0.25) is 5.43 Å². The van der Waals surface area contributed by atoms with Crippen molar-refractivity contribution in [3.05, 3.63) is 50.6 Å². The summed E-state index contributed by atoms with van der Waals surface area (Å²) < 4.78 is 12.7. The largest absolute Gasteiger partial charge is 0.494 e. The third-order valence-corrected chi connectivity index (χ3v) is 7.34. The molecule has 156 valence electrons. The molecule has 1 aromatic carbocycles. The average Bonchev–Trinajstić information content (AvgIpc) is 3.50. The summed E-state index contributed by atoms with van der Waals surface area (Å²) in [5.41, 5.74) is 2.50. The summed E-state index contributed by atoms with van der Waals surface area (Å²) in [7, 11) is 2.89. The highest BCUT2D eigenvalue weighted by Gasteiger charge is 2.30. The number of aromatic nitrogens is 1. The number of aryl methyl sites for hydroxylation is 1. The zero-order chi connectivity index (χ0) is 21.0. The Morgan fingerprint density at radius 2 is 2.03 bits per heavy atom. The van der Waals surface area contributed by atoms with Gasteiger partial charge in [-0.1, -0.05) is 0 Å². The van der Waals surface area contributed by atoms with Crippen molar-refractivity contribution >= 4 is 28.2 Å². The topological polar surface area (TPSA) is 77.8 Å². The molecule has 0 saturated heterocycles. The maximum Gasteiger partial charge on any atom is 0.343 e. The summed E-state index contributed by atoms with van der Waals surface area (Å²) in [6.45, 7) is 0. The Kier molecular flexibility index (Phi) is 4.67. The molecular weight excluding hydrogens is 402 g/mol. The van der Waals surface area contributed by atoms with Crippen molar-refractivity contribution in [1.29, 1.82) is 0 Å². The summed E-state index contributed by atoms with van der Waals surface area (Å²) in [4.78, 5) is 27.3. The fraction of sp³-hybridized carbons (Fsp3) is 0.391. The molecule has 2 heterocycles. The van der Waals surface area contributed by atoms with E-state index >= 15 is 0 Å². The van der Waals surface area contributed by atoms with Crippen LogP contribution in [0.5, 0.6) is 5.75 Å². The van der Waals surface area contributed by atoms with E-state index in [2.05, 4.69) is 6.07 Å². The number of fused-ring (bicyclic) bond motifs is 2. The molecule has 0 aliphatic heterocycles. The van der Waals surface area contributed by atoms with Gasteiger partial charge in [-0.25, -0.2) is 4.79 Å². The van der Waals surface area contributed by atoms with Gasteiger partial charge >= 0.3 is 5.97 Å². The molecule has 2 aliphatic rings. The molecule has 2 aliphatic carbocycles. The van der Waals surface area contributed by atoms with Crippen molar-refractivity contribution in [3.63, 3.8) is 0 Å². The van der Waals surface area contributed by atoms with Gasteiger partial charge in [-0.3, -0.25) is 4.79 Å². The van der Waals surface area contributed by atoms with Crippen LogP contribution in [-0.4, -0.2) is 29.9 Å². The van der Waals surface area contributed by atoms with Gasteiger partial charge in [-0.05, 0) is 55.9 Å². The molecule has 5 rings (SSSR count). The van der Waals surface area contributed by atoms with E-state index in [1.54, 1.807) is 30.7 Å². The van der Waals surface area contributed by atoms with Crippen LogP contribution in [0.15, 0.2) is 29.2 Å². The molecule has 7 heteroatoms. The van der Waals surface area contributed by atoms with Crippen LogP contribution in [0.3, 0.4) is 0 Å². The number of thiophene rings is 1. The summed E-state index contributed by atoms with van der Waals surface area (Å²) in [5, 5.41) is 10.8. The van der Waals surface area contributed by atoms with E-state index in [0.29, 0.717) is 16.7 Å². The number of methoxy groups -OCH3 is 2. The fourth-order valence-corrected chi connectivity index (χ4v) is 5.64. The normalized spacial score (nSPS) is 18.3. The first-order valence-corrected chi connectivity index (χ1v) is 11.0. The van der Waals surface area contributed by atoms with Gasteiger partial charge < -0.3 is 19.1 Å². The Labute approximate surface area is 177 Å². The molecular formula is C23H23NO5S. The van der Waals surface area contributed by atoms with Gasteiger partial charge in [0.25, 0.3) is 0 Å². The number of aliphatic hydroxyl groups excluding tert-OH is 1. The second-order valence-electron chi connectivity index (χ2n) is 7.95. The van der Waals surface area contributed by atoms with Crippen LogP contribution in [0.1, 0.15) is 58.6 Å². The van der Waals surface area contributed by atoms with Crippen LogP contribution >= 0.6 is 11.3 Å². The Hall–Kier alpha value is -2.64. The number of hydrogen-bond donors (Lipinski definition) is 1. The first kappa shape index (κ1) is 19.3. The second-order valence-corrected chi connectivity index (χ2v) is 9.04. The van der Waals surface area contributed by atoms with Crippen molar-refractivity contribution < 1.29 is 19.4 Å². The minimum atomic E-state index is -0.626. The number of pyridine rings is 1. The van der Waals surface area contributed by atoms with Gasteiger partial charge in [0.05, 0.1) is 31.2 Å². The predicted octanol–water partition coefficient (Wildman–Crippen LogP) is 4.23. The predicted molar refractivity (Wildman–Crippen MR) is 116 cm³/mol. The molecule has 1 unspecified atom stereocenters. The SMILES string of the molecule is COC(=O)c1cn(C2CC2)c2c(OC)c(-c3cc4c(s3)C(O)CCC4)ccc2c1=O. The van der Waals surface area contributed by atoms with E-state index < -0.39 is 12.1 Å². The third kappa shape index (κ3) is 2.96. The van der Waals surface area contributed by atoms with Gasteiger partial charge in [-0.2, -0.15) is 0 Å². The molecule has 1 atom stereocenters. The Balaban J connectivity index is 1.77. The lowest BCUT2D eigenvalue weighted by molar-refractivity contribution is 0.0598. The molecule has 1 saturated carbocycles. The van der Waals surface area contributed by atoms with Gasteiger partial charge in [0.15, 0.2) is 5.75 Å². The number of hydrogen-bond acceptors (Lipinski definition) is 6. The molecule has 2 aromatic heterocycles. The molecule has 30 heavy (non-hydrogen) atoms. The van der Waals surface area contributed by atoms with Crippen LogP contribution in [0, 0.1) is 0 Å². The van der Waals surface area contributed by atoms with E-state index in [1.807, 2.05) is 10.6 Å². The van der Waals surface area contributed by atoms with E-state index in [-0.39, 0.29) is 17.0 Å². The maximum absolute atomic E-state index is 13.0. The number of ether oxygens (including phenoxy) is 2. The summed E-state index contributed by atoms with van der Waals surface area (Å²) in [6, 6.07) is 6.02. The van der Waals surface area contributed by atoms with Crippen LogP contribution in [0.25, 0.3) is 21.3 Å². The zero-order valence-corrected chi connectivity index (χ0v) is 17.8. The number of rotatable bonds is 4. The van der Waals surface area contributed by atoms with Gasteiger partial charge in [-0.15, -0.1) is 11.3 Å². The number of nitrogens with zero attached hydrogens (tertiary/aromatic N) is 1. The average molecular weight is 426 g/mol. The Morgan fingerprint density at radius 1 is 1.23 bits per heavy atom. The first-order chi connectivity index (χ1) is 14.5. The highest BCUT2D eigenvalue weighted by atomic mass is 32.1. The molecule has 1 fully saturated rings. The first-order valence-electron chi connectivity index (χ1n) is 10.2. The molecule has 0 spiro atoms. The van der Waals surface area contributed by atoms with Crippen molar-refractivity contribution in [1.82, 2.24) is 4.57 Å². The number of benzene rings is 1. The zero-order valence-electron chi connectivity index (χ0n) is 16.9. The van der Waals surface area contributed by atoms with E-state index in [0.717, 1.165) is 47.4 Å². The van der Waals surface area contributed by atoms with Crippen molar-refractivity contribution in [3.8, 4) is 16.2 Å². The molecule has 0 bridgehead atoms. The summed E-state index contributed by atoms with van der Waals surface area (Å²) in [5.74, 6) is 0.000246. The van der Waals surface area contributed by atoms with E-state index in [1.165, 1.54) is 12.7 Å². The van der Waals surface area contributed by atoms with Crippen LogP contribution < -0.4 is 10.2 Å². The minimum Gasteiger partial charge on any atom is -0.494 e. The lowest BCUT2D eigenvalue weighted by Crippen LogP contribution is -2.20. The Morgan fingerprint density at radius 3 is 2.70 bits per heavy atom. The number of carbonyl (C=O) groups is 1. The van der Waals surface area contributed by atoms with Crippen molar-refractivity contribution in [2.24, 2.45) is 0 Å². The number of aliphatic hydroxyl groups is 1. The fourth-order valence-electron chi connectivity index (χ4n) is 4.38. The van der Waals surface area contributed by atoms with Crippen LogP contribution in [-0.2, 0) is 11.2 Å². The van der Waals surface area contributed by atoms with Crippen molar-refractivity contribution in [2.75, 3.05) is 14.2 Å². The lowest BCUT2D eigenvalue weighted by atomic mass is 9.96. The summed E-state index contributed by atoms with van der Waals surface area (Å²) >= 11 is 1.59. The summed E-state index contributed by atoms with van der Waals surface area (Å²) in [6.07, 6.45) is 5.93. The van der Waals surface area contributed by atoms with Crippen LogP contribution in [0.4, 0.5) is 0 Å². The lowest BCUT2D eigenvalue weighted by Gasteiger charge is -2.17. The van der Waals surface area contributed by atoms with Crippen molar-refractivity contribution in [2.45, 2.75) is 44.2 Å². The highest BCUT2D eigenvalue weighted by molar-refractivity contribution is 7.15. The molecule has 1 N–H and O–H groups in total. The quantitative estimate of drug-likeness (QED) is 0.633. The van der Waals surface area contributed by atoms with Gasteiger partial charge in [0, 0.05) is 27.6 Å². The molecule has 0 radical (unpaired) electrons.